The van der Waals surface area contributed by atoms with E-state index in [1.807, 2.05) is 61.4 Å². The van der Waals surface area contributed by atoms with E-state index in [-0.39, 0.29) is 5.78 Å². The number of ketones is 1. The molecule has 0 fully saturated rings. The van der Waals surface area contributed by atoms with Gasteiger partial charge in [0.25, 0.3) is 0 Å². The molecule has 0 saturated heterocycles. The van der Waals surface area contributed by atoms with Crippen molar-refractivity contribution in [3.05, 3.63) is 65.5 Å². The number of hydrogen-bond donors (Lipinski definition) is 0. The van der Waals surface area contributed by atoms with Crippen LogP contribution in [0.3, 0.4) is 0 Å². The van der Waals surface area contributed by atoms with Crippen molar-refractivity contribution in [3.8, 4) is 0 Å². The van der Waals surface area contributed by atoms with Crippen molar-refractivity contribution >= 4 is 12.7 Å². The Morgan fingerprint density at radius 3 is 2.29 bits per heavy atom. The zero-order valence-corrected chi connectivity index (χ0v) is 7.68. The zero-order chi connectivity index (χ0) is 9.80. The van der Waals surface area contributed by atoms with E-state index in [9.17, 15) is 4.79 Å². The second-order valence-corrected chi connectivity index (χ2v) is 3.06. The second-order valence-electron chi connectivity index (χ2n) is 3.06. The van der Waals surface area contributed by atoms with Gasteiger partial charge in [0.2, 0.25) is 0 Å². The summed E-state index contributed by atoms with van der Waals surface area (Å²) in [5.74, 6) is 1.95. The summed E-state index contributed by atoms with van der Waals surface area (Å²) >= 11 is 0. The van der Waals surface area contributed by atoms with Crippen LogP contribution in [-0.2, 0) is 0 Å². The Morgan fingerprint density at radius 1 is 0.929 bits per heavy atom. The molecule has 0 spiro atoms. The Hall–Kier alpha value is -1.70. The predicted octanol–water partition coefficient (Wildman–Crippen LogP) is 2.26. The molecule has 66 valence electrons. The average Bonchev–Trinajstić information content (AvgIpc) is 2.30. The predicted molar refractivity (Wildman–Crippen MR) is 57.7 cm³/mol. The minimum atomic E-state index is 0.0752. The number of carbonyl (C=O) groups excluding carboxylic acids is 1. The quantitative estimate of drug-likeness (QED) is 0.647. The van der Waals surface area contributed by atoms with Gasteiger partial charge < -0.3 is 0 Å². The van der Waals surface area contributed by atoms with E-state index in [2.05, 4.69) is 0 Å². The number of carbonyl (C=O) groups is 1. The van der Waals surface area contributed by atoms with E-state index < -0.39 is 0 Å². The van der Waals surface area contributed by atoms with Gasteiger partial charge in [0.15, 0.2) is 0 Å². The molecule has 2 rings (SSSR count). The fourth-order valence-electron chi connectivity index (χ4n) is 1.35. The van der Waals surface area contributed by atoms with Crippen molar-refractivity contribution in [2.24, 2.45) is 0 Å². The van der Waals surface area contributed by atoms with Crippen LogP contribution in [0, 0.1) is 0 Å². The first-order chi connectivity index (χ1) is 6.88. The molecule has 0 aliphatic carbocycles. The van der Waals surface area contributed by atoms with Crippen LogP contribution in [0.1, 0.15) is 15.8 Å². The first kappa shape index (κ1) is 8.88. The molecule has 0 atom stereocenters. The summed E-state index contributed by atoms with van der Waals surface area (Å²) in [7, 11) is 0. The van der Waals surface area contributed by atoms with Gasteiger partial charge in [0, 0.05) is 0 Å². The van der Waals surface area contributed by atoms with E-state index >= 15 is 0 Å². The van der Waals surface area contributed by atoms with E-state index in [4.69, 9.17) is 0 Å². The van der Waals surface area contributed by atoms with Crippen LogP contribution in [0.2, 0.25) is 0 Å². The molecule has 0 bridgehead atoms. The maximum atomic E-state index is 11.8. The van der Waals surface area contributed by atoms with Gasteiger partial charge in [-0.1, -0.05) is 0 Å². The third-order valence-electron chi connectivity index (χ3n) is 2.07. The first-order valence-electron chi connectivity index (χ1n) is 4.53. The van der Waals surface area contributed by atoms with Crippen LogP contribution >= 0.6 is 0 Å². The third-order valence-corrected chi connectivity index (χ3v) is 2.07. The molecule has 0 saturated carbocycles. The van der Waals surface area contributed by atoms with Crippen LogP contribution in [0.5, 0.6) is 0 Å². The normalized spacial score (nSPS) is 9.43. The number of benzene rings is 1. The fourth-order valence-corrected chi connectivity index (χ4v) is 1.35. The van der Waals surface area contributed by atoms with Crippen LogP contribution in [0.15, 0.2) is 54.5 Å². The minimum absolute atomic E-state index is 0.0752. The summed E-state index contributed by atoms with van der Waals surface area (Å²) in [4.78, 5) is 11.8. The second kappa shape index (κ2) is 4.01. The van der Waals surface area contributed by atoms with E-state index in [0.717, 1.165) is 11.0 Å². The Morgan fingerprint density at radius 2 is 1.64 bits per heavy atom. The number of hydrogen-bond acceptors (Lipinski definition) is 1. The third kappa shape index (κ3) is 1.79. The van der Waals surface area contributed by atoms with Gasteiger partial charge in [0.1, 0.15) is 0 Å². The van der Waals surface area contributed by atoms with Crippen molar-refractivity contribution in [1.82, 2.24) is 0 Å². The van der Waals surface area contributed by atoms with Gasteiger partial charge in [-0.05, 0) is 0 Å². The van der Waals surface area contributed by atoms with Crippen molar-refractivity contribution in [1.29, 1.82) is 0 Å². The number of rotatable bonds is 2. The Kier molecular flexibility index (Phi) is 2.54. The summed E-state index contributed by atoms with van der Waals surface area (Å²) in [5.41, 5.74) is 1.47. The molecular weight excluding hydrogens is 171 g/mol. The molecule has 2 aromatic rings. The van der Waals surface area contributed by atoms with Crippen molar-refractivity contribution < 1.29 is 4.79 Å². The van der Waals surface area contributed by atoms with Gasteiger partial charge >= 0.3 is 83.0 Å². The molecule has 0 unspecified atom stereocenters. The SMILES string of the molecule is O=C(c1bcccc1)c1ccccc1. The molecule has 1 nitrogen and oxygen atoms in total. The van der Waals surface area contributed by atoms with Gasteiger partial charge in [-0.15, -0.1) is 0 Å². The zero-order valence-electron chi connectivity index (χ0n) is 7.68. The molecule has 2 heteroatoms. The van der Waals surface area contributed by atoms with Crippen LogP contribution in [-0.4, -0.2) is 12.7 Å². The van der Waals surface area contributed by atoms with E-state index in [1.54, 1.807) is 0 Å². The van der Waals surface area contributed by atoms with Gasteiger partial charge in [0.05, 0.1) is 0 Å². The summed E-state index contributed by atoms with van der Waals surface area (Å²) in [6.45, 7) is 1.83. The standard InChI is InChI=1S/C12H9BO/c14-12(10-6-2-1-3-7-10)11-8-4-5-9-13-11/h1-9H. The molecule has 0 amide bonds. The molecule has 14 heavy (non-hydrogen) atoms. The van der Waals surface area contributed by atoms with Crippen LogP contribution < -0.4 is 0 Å². The molecule has 0 radical (unpaired) electrons. The summed E-state index contributed by atoms with van der Waals surface area (Å²) in [6, 6.07) is 14.9. The maximum absolute atomic E-state index is 11.8. The van der Waals surface area contributed by atoms with E-state index in [0.29, 0.717) is 0 Å². The average molecular weight is 180 g/mol. The van der Waals surface area contributed by atoms with Crippen LogP contribution in [0.4, 0.5) is 0 Å². The molecular formula is C12H9BO. The molecule has 1 aromatic carbocycles. The van der Waals surface area contributed by atoms with Crippen molar-refractivity contribution in [2.75, 3.05) is 0 Å². The molecule has 0 aliphatic rings. The van der Waals surface area contributed by atoms with Crippen LogP contribution in [0.25, 0.3) is 0 Å². The van der Waals surface area contributed by atoms with Gasteiger partial charge in [-0.2, -0.15) is 0 Å². The summed E-state index contributed by atoms with van der Waals surface area (Å²) in [6.07, 6.45) is 0. The summed E-state index contributed by atoms with van der Waals surface area (Å²) < 4.78 is 0. The first-order valence-corrected chi connectivity index (χ1v) is 4.53. The topological polar surface area (TPSA) is 17.1 Å². The molecule has 1 aromatic heterocycles. The van der Waals surface area contributed by atoms with Crippen molar-refractivity contribution in [3.63, 3.8) is 0 Å². The Labute approximate surface area is 83.6 Å². The molecule has 0 aliphatic heterocycles. The van der Waals surface area contributed by atoms with E-state index in [1.165, 1.54) is 0 Å². The Balaban J connectivity index is 2.35. The van der Waals surface area contributed by atoms with Gasteiger partial charge in [-0.25, -0.2) is 0 Å². The summed E-state index contributed by atoms with van der Waals surface area (Å²) in [5, 5.41) is 0. The Bertz CT molecular complexity index is 381. The fraction of sp³-hybridized carbons (Fsp3) is 0. The molecule has 0 N–H and O–H groups in total. The molecule has 1 heterocycles. The van der Waals surface area contributed by atoms with Gasteiger partial charge in [-0.3, -0.25) is 0 Å². The van der Waals surface area contributed by atoms with Crippen molar-refractivity contribution in [2.45, 2.75) is 0 Å². The monoisotopic (exact) mass is 180 g/mol.